The topological polar surface area (TPSA) is 103 Å². The molecule has 0 atom stereocenters. The molecule has 9 nitrogen and oxygen atoms in total. The van der Waals surface area contributed by atoms with Gasteiger partial charge in [0.25, 0.3) is 0 Å². The Labute approximate surface area is 123 Å². The molecule has 21 heavy (non-hydrogen) atoms. The van der Waals surface area contributed by atoms with Crippen LogP contribution in [0.3, 0.4) is 0 Å². The van der Waals surface area contributed by atoms with Crippen LogP contribution in [0.15, 0.2) is 6.33 Å². The molecular weight excluding hydrogens is 272 g/mol. The number of anilines is 2. The van der Waals surface area contributed by atoms with Gasteiger partial charge in [0.2, 0.25) is 11.9 Å². The molecular formula is C12H20N8O. The van der Waals surface area contributed by atoms with E-state index in [0.29, 0.717) is 37.5 Å². The Morgan fingerprint density at radius 3 is 2.71 bits per heavy atom. The van der Waals surface area contributed by atoms with Gasteiger partial charge in [-0.1, -0.05) is 6.92 Å². The fourth-order valence-corrected chi connectivity index (χ4v) is 1.59. The lowest BCUT2D eigenvalue weighted by molar-refractivity contribution is 0.292. The van der Waals surface area contributed by atoms with E-state index >= 15 is 0 Å². The molecule has 0 amide bonds. The van der Waals surface area contributed by atoms with Gasteiger partial charge in [-0.3, -0.25) is 4.68 Å². The SMILES string of the molecule is CCCOc1nc(NC)nc(NCCc2ncn(C)n2)n1. The summed E-state index contributed by atoms with van der Waals surface area (Å²) in [5.41, 5.74) is 0. The van der Waals surface area contributed by atoms with Gasteiger partial charge in [0, 0.05) is 27.1 Å². The maximum absolute atomic E-state index is 5.44. The van der Waals surface area contributed by atoms with Crippen molar-refractivity contribution in [1.82, 2.24) is 29.7 Å². The molecule has 0 bridgehead atoms. The van der Waals surface area contributed by atoms with Gasteiger partial charge in [0.15, 0.2) is 5.82 Å². The molecule has 2 N–H and O–H groups in total. The summed E-state index contributed by atoms with van der Waals surface area (Å²) < 4.78 is 7.11. The highest BCUT2D eigenvalue weighted by molar-refractivity contribution is 5.35. The minimum absolute atomic E-state index is 0.315. The first kappa shape index (κ1) is 14.9. The zero-order chi connectivity index (χ0) is 15.1. The molecule has 0 aliphatic rings. The first-order valence-corrected chi connectivity index (χ1v) is 6.86. The summed E-state index contributed by atoms with van der Waals surface area (Å²) in [7, 11) is 3.59. The molecule has 0 saturated carbocycles. The third-order valence-electron chi connectivity index (χ3n) is 2.55. The Balaban J connectivity index is 1.94. The predicted molar refractivity (Wildman–Crippen MR) is 78.4 cm³/mol. The number of hydrogen-bond donors (Lipinski definition) is 2. The molecule has 9 heteroatoms. The van der Waals surface area contributed by atoms with Gasteiger partial charge in [0.1, 0.15) is 6.33 Å². The fraction of sp³-hybridized carbons (Fsp3) is 0.583. The molecule has 0 unspecified atom stereocenters. The van der Waals surface area contributed by atoms with Crippen LogP contribution in [-0.4, -0.2) is 49.9 Å². The summed E-state index contributed by atoms with van der Waals surface area (Å²) in [6.45, 7) is 3.23. The Morgan fingerprint density at radius 2 is 2.05 bits per heavy atom. The number of rotatable bonds is 8. The van der Waals surface area contributed by atoms with E-state index in [1.54, 1.807) is 18.1 Å². The van der Waals surface area contributed by atoms with E-state index in [1.807, 2.05) is 14.0 Å². The molecule has 0 saturated heterocycles. The van der Waals surface area contributed by atoms with E-state index in [0.717, 1.165) is 12.2 Å². The third-order valence-corrected chi connectivity index (χ3v) is 2.55. The molecule has 0 spiro atoms. The quantitative estimate of drug-likeness (QED) is 0.724. The summed E-state index contributed by atoms with van der Waals surface area (Å²) >= 11 is 0. The highest BCUT2D eigenvalue weighted by Crippen LogP contribution is 2.11. The van der Waals surface area contributed by atoms with E-state index in [1.165, 1.54) is 0 Å². The van der Waals surface area contributed by atoms with Crippen LogP contribution >= 0.6 is 0 Å². The first-order valence-electron chi connectivity index (χ1n) is 6.86. The van der Waals surface area contributed by atoms with Crippen molar-refractivity contribution in [3.63, 3.8) is 0 Å². The van der Waals surface area contributed by atoms with Crippen molar-refractivity contribution in [2.45, 2.75) is 19.8 Å². The number of aromatic nitrogens is 6. The van der Waals surface area contributed by atoms with Crippen molar-refractivity contribution in [3.8, 4) is 6.01 Å². The van der Waals surface area contributed by atoms with Crippen LogP contribution in [0, 0.1) is 0 Å². The Hall–Kier alpha value is -2.45. The van der Waals surface area contributed by atoms with Crippen molar-refractivity contribution in [2.75, 3.05) is 30.8 Å². The summed E-state index contributed by atoms with van der Waals surface area (Å²) in [6.07, 6.45) is 3.26. The maximum Gasteiger partial charge on any atom is 0.323 e. The second-order valence-corrected chi connectivity index (χ2v) is 4.37. The zero-order valence-corrected chi connectivity index (χ0v) is 12.5. The van der Waals surface area contributed by atoms with E-state index in [2.05, 4.69) is 35.7 Å². The highest BCUT2D eigenvalue weighted by Gasteiger charge is 2.07. The summed E-state index contributed by atoms with van der Waals surface area (Å²) in [4.78, 5) is 16.7. The lowest BCUT2D eigenvalue weighted by Gasteiger charge is -2.08. The zero-order valence-electron chi connectivity index (χ0n) is 12.5. The van der Waals surface area contributed by atoms with Crippen LogP contribution < -0.4 is 15.4 Å². The van der Waals surface area contributed by atoms with E-state index in [-0.39, 0.29) is 0 Å². The standard InChI is InChI=1S/C12H20N8O/c1-4-7-21-12-17-10(13-2)16-11(18-12)14-6-5-9-15-8-20(3)19-9/h8H,4-7H2,1-3H3,(H2,13,14,16,17,18). The van der Waals surface area contributed by atoms with Gasteiger partial charge >= 0.3 is 6.01 Å². The lowest BCUT2D eigenvalue weighted by Crippen LogP contribution is -2.12. The Kier molecular flexibility index (Phi) is 5.24. The summed E-state index contributed by atoms with van der Waals surface area (Å²) in [5, 5.41) is 10.2. The second-order valence-electron chi connectivity index (χ2n) is 4.37. The molecule has 2 heterocycles. The number of hydrogen-bond acceptors (Lipinski definition) is 8. The molecule has 0 radical (unpaired) electrons. The Morgan fingerprint density at radius 1 is 1.24 bits per heavy atom. The van der Waals surface area contributed by atoms with Crippen molar-refractivity contribution in [1.29, 1.82) is 0 Å². The van der Waals surface area contributed by atoms with E-state index in [9.17, 15) is 0 Å². The van der Waals surface area contributed by atoms with Crippen LogP contribution in [0.4, 0.5) is 11.9 Å². The van der Waals surface area contributed by atoms with E-state index in [4.69, 9.17) is 4.74 Å². The minimum atomic E-state index is 0.315. The van der Waals surface area contributed by atoms with Crippen LogP contribution in [0.5, 0.6) is 6.01 Å². The number of aryl methyl sites for hydroxylation is 1. The molecule has 0 fully saturated rings. The number of ether oxygens (including phenoxy) is 1. The van der Waals surface area contributed by atoms with Gasteiger partial charge < -0.3 is 15.4 Å². The van der Waals surface area contributed by atoms with Crippen LogP contribution in [-0.2, 0) is 13.5 Å². The van der Waals surface area contributed by atoms with Gasteiger partial charge in [0.05, 0.1) is 6.61 Å². The lowest BCUT2D eigenvalue weighted by atomic mass is 10.4. The highest BCUT2D eigenvalue weighted by atomic mass is 16.5. The van der Waals surface area contributed by atoms with Crippen LogP contribution in [0.1, 0.15) is 19.2 Å². The Bertz CT molecular complexity index is 570. The summed E-state index contributed by atoms with van der Waals surface area (Å²) in [5.74, 6) is 1.71. The molecule has 2 aromatic rings. The van der Waals surface area contributed by atoms with Crippen molar-refractivity contribution < 1.29 is 4.74 Å². The number of nitrogens with zero attached hydrogens (tertiary/aromatic N) is 6. The molecule has 2 aromatic heterocycles. The second kappa shape index (κ2) is 7.36. The molecule has 0 aliphatic heterocycles. The predicted octanol–water partition coefficient (Wildman–Crippen LogP) is 0.485. The molecule has 114 valence electrons. The monoisotopic (exact) mass is 292 g/mol. The van der Waals surface area contributed by atoms with Crippen LogP contribution in [0.25, 0.3) is 0 Å². The van der Waals surface area contributed by atoms with Gasteiger partial charge in [-0.15, -0.1) is 0 Å². The average Bonchev–Trinajstić information content (AvgIpc) is 2.90. The largest absolute Gasteiger partial charge is 0.463 e. The minimum Gasteiger partial charge on any atom is -0.463 e. The number of nitrogens with one attached hydrogen (secondary N) is 2. The van der Waals surface area contributed by atoms with Crippen molar-refractivity contribution in [2.24, 2.45) is 7.05 Å². The fourth-order valence-electron chi connectivity index (χ4n) is 1.59. The van der Waals surface area contributed by atoms with Crippen LogP contribution in [0.2, 0.25) is 0 Å². The van der Waals surface area contributed by atoms with Gasteiger partial charge in [-0.05, 0) is 6.42 Å². The first-order chi connectivity index (χ1) is 10.2. The van der Waals surface area contributed by atoms with E-state index < -0.39 is 0 Å². The van der Waals surface area contributed by atoms with Crippen molar-refractivity contribution in [3.05, 3.63) is 12.2 Å². The van der Waals surface area contributed by atoms with Gasteiger partial charge in [-0.2, -0.15) is 20.1 Å². The molecule has 0 aromatic carbocycles. The molecule has 0 aliphatic carbocycles. The molecule has 2 rings (SSSR count). The smallest absolute Gasteiger partial charge is 0.323 e. The van der Waals surface area contributed by atoms with Crippen molar-refractivity contribution >= 4 is 11.9 Å². The third kappa shape index (κ3) is 4.55. The summed E-state index contributed by atoms with van der Waals surface area (Å²) in [6, 6.07) is 0.315. The normalized spacial score (nSPS) is 10.4. The van der Waals surface area contributed by atoms with Gasteiger partial charge in [-0.25, -0.2) is 4.98 Å². The maximum atomic E-state index is 5.44. The average molecular weight is 292 g/mol.